The molecule has 1 saturated carbocycles. The van der Waals surface area contributed by atoms with Crippen LogP contribution < -0.4 is 5.73 Å². The molecule has 1 fully saturated rings. The molecule has 1 rings (SSSR count). The minimum Gasteiger partial charge on any atom is -0.326 e. The molecule has 16 heavy (non-hydrogen) atoms. The van der Waals surface area contributed by atoms with Crippen LogP contribution in [0.5, 0.6) is 0 Å². The predicted molar refractivity (Wildman–Crippen MR) is 71.6 cm³/mol. The molecule has 1 unspecified atom stereocenters. The highest BCUT2D eigenvalue weighted by Crippen LogP contribution is 2.38. The number of likely N-dealkylation sites (N-methyl/N-ethyl adjacent to an activating group) is 1. The lowest BCUT2D eigenvalue weighted by atomic mass is 9.80. The molecular weight excluding hydrogens is 196 g/mol. The summed E-state index contributed by atoms with van der Waals surface area (Å²) in [7, 11) is 4.39. The van der Waals surface area contributed by atoms with Gasteiger partial charge in [0.25, 0.3) is 0 Å². The molecule has 1 atom stereocenters. The van der Waals surface area contributed by atoms with Crippen LogP contribution in [-0.4, -0.2) is 30.6 Å². The summed E-state index contributed by atoms with van der Waals surface area (Å²) in [5.74, 6) is 0. The summed E-state index contributed by atoms with van der Waals surface area (Å²) in [5.41, 5.74) is 7.17. The van der Waals surface area contributed by atoms with Crippen LogP contribution >= 0.6 is 0 Å². The van der Waals surface area contributed by atoms with E-state index >= 15 is 0 Å². The van der Waals surface area contributed by atoms with Gasteiger partial charge in [0.2, 0.25) is 0 Å². The zero-order chi connectivity index (χ0) is 12.4. The first-order chi connectivity index (χ1) is 7.28. The van der Waals surface area contributed by atoms with Gasteiger partial charge in [0, 0.05) is 11.6 Å². The topological polar surface area (TPSA) is 29.3 Å². The third kappa shape index (κ3) is 3.21. The average molecular weight is 226 g/mol. The van der Waals surface area contributed by atoms with E-state index in [1.165, 1.54) is 32.1 Å². The molecule has 0 aromatic heterocycles. The van der Waals surface area contributed by atoms with Crippen molar-refractivity contribution < 1.29 is 0 Å². The number of hydrogen-bond acceptors (Lipinski definition) is 2. The maximum Gasteiger partial charge on any atom is 0.0354 e. The highest BCUT2D eigenvalue weighted by Gasteiger charge is 2.41. The van der Waals surface area contributed by atoms with Crippen LogP contribution in [0.15, 0.2) is 0 Å². The molecule has 96 valence electrons. The Hall–Kier alpha value is -0.0800. The molecule has 0 heterocycles. The molecule has 0 saturated heterocycles. The highest BCUT2D eigenvalue weighted by molar-refractivity contribution is 5.00. The molecule has 0 radical (unpaired) electrons. The van der Waals surface area contributed by atoms with Crippen molar-refractivity contribution in [1.29, 1.82) is 0 Å². The van der Waals surface area contributed by atoms with Gasteiger partial charge in [-0.25, -0.2) is 0 Å². The normalized spacial score (nSPS) is 22.7. The maximum atomic E-state index is 6.48. The van der Waals surface area contributed by atoms with Crippen molar-refractivity contribution in [3.8, 4) is 0 Å². The van der Waals surface area contributed by atoms with E-state index in [1.807, 2.05) is 0 Å². The molecular formula is C14H30N2. The molecule has 0 spiro atoms. The fourth-order valence-electron chi connectivity index (χ4n) is 2.99. The minimum absolute atomic E-state index is 0.283. The first-order valence-corrected chi connectivity index (χ1v) is 6.71. The Morgan fingerprint density at radius 3 is 2.06 bits per heavy atom. The quantitative estimate of drug-likeness (QED) is 0.798. The molecule has 0 aromatic rings. The van der Waals surface area contributed by atoms with Gasteiger partial charge in [0.05, 0.1) is 0 Å². The standard InChI is InChI=1S/C14H30N2/c1-13(2,3)11-8-12(15)14(16(4)5)9-6-7-10-14/h12H,6-11,15H2,1-5H3. The number of nitrogens with two attached hydrogens (primary N) is 1. The van der Waals surface area contributed by atoms with E-state index in [4.69, 9.17) is 5.73 Å². The minimum atomic E-state index is 0.283. The zero-order valence-corrected chi connectivity index (χ0v) is 11.8. The Bertz CT molecular complexity index is 209. The van der Waals surface area contributed by atoms with Gasteiger partial charge in [-0.05, 0) is 45.2 Å². The van der Waals surface area contributed by atoms with Crippen molar-refractivity contribution in [1.82, 2.24) is 4.90 Å². The van der Waals surface area contributed by atoms with Crippen molar-refractivity contribution in [2.45, 2.75) is 70.9 Å². The molecule has 0 aromatic carbocycles. The Morgan fingerprint density at radius 1 is 1.19 bits per heavy atom. The van der Waals surface area contributed by atoms with E-state index in [-0.39, 0.29) is 5.54 Å². The summed E-state index contributed by atoms with van der Waals surface area (Å²) < 4.78 is 0. The van der Waals surface area contributed by atoms with E-state index in [1.54, 1.807) is 0 Å². The van der Waals surface area contributed by atoms with Crippen LogP contribution in [0, 0.1) is 5.41 Å². The second-order valence-corrected chi connectivity index (χ2v) is 6.91. The molecule has 2 nitrogen and oxygen atoms in total. The highest BCUT2D eigenvalue weighted by atomic mass is 15.2. The Labute approximate surface area is 102 Å². The summed E-state index contributed by atoms with van der Waals surface area (Å²) in [6.45, 7) is 6.91. The van der Waals surface area contributed by atoms with Crippen molar-refractivity contribution in [3.05, 3.63) is 0 Å². The van der Waals surface area contributed by atoms with Crippen molar-refractivity contribution in [2.24, 2.45) is 11.1 Å². The smallest absolute Gasteiger partial charge is 0.0354 e. The Morgan fingerprint density at radius 2 is 1.69 bits per heavy atom. The summed E-state index contributed by atoms with van der Waals surface area (Å²) in [6.07, 6.45) is 7.64. The second-order valence-electron chi connectivity index (χ2n) is 6.91. The lowest BCUT2D eigenvalue weighted by Crippen LogP contribution is -2.55. The van der Waals surface area contributed by atoms with E-state index < -0.39 is 0 Å². The fourth-order valence-corrected chi connectivity index (χ4v) is 2.99. The van der Waals surface area contributed by atoms with Gasteiger partial charge in [0.15, 0.2) is 0 Å². The number of hydrogen-bond donors (Lipinski definition) is 1. The monoisotopic (exact) mass is 226 g/mol. The molecule has 2 N–H and O–H groups in total. The lowest BCUT2D eigenvalue weighted by molar-refractivity contribution is 0.112. The third-order valence-corrected chi connectivity index (χ3v) is 4.26. The summed E-state index contributed by atoms with van der Waals surface area (Å²) in [4.78, 5) is 2.38. The predicted octanol–water partition coefficient (Wildman–Crippen LogP) is 3.01. The van der Waals surface area contributed by atoms with Crippen LogP contribution in [0.4, 0.5) is 0 Å². The molecule has 1 aliphatic rings. The number of nitrogens with zero attached hydrogens (tertiary/aromatic N) is 1. The largest absolute Gasteiger partial charge is 0.326 e. The lowest BCUT2D eigenvalue weighted by Gasteiger charge is -2.42. The molecule has 1 aliphatic carbocycles. The second kappa shape index (κ2) is 5.05. The van der Waals surface area contributed by atoms with Gasteiger partial charge in [0.1, 0.15) is 0 Å². The zero-order valence-electron chi connectivity index (χ0n) is 11.8. The van der Waals surface area contributed by atoms with E-state index in [2.05, 4.69) is 39.8 Å². The maximum absolute atomic E-state index is 6.48. The van der Waals surface area contributed by atoms with Gasteiger partial charge >= 0.3 is 0 Å². The summed E-state index contributed by atoms with van der Waals surface area (Å²) in [6, 6.07) is 0.337. The van der Waals surface area contributed by atoms with Crippen molar-refractivity contribution in [3.63, 3.8) is 0 Å². The van der Waals surface area contributed by atoms with Crippen molar-refractivity contribution in [2.75, 3.05) is 14.1 Å². The first kappa shape index (κ1) is 14.0. The van der Waals surface area contributed by atoms with Crippen LogP contribution in [0.3, 0.4) is 0 Å². The Kier molecular flexibility index (Phi) is 4.42. The molecule has 0 bridgehead atoms. The van der Waals surface area contributed by atoms with Crippen LogP contribution in [0.25, 0.3) is 0 Å². The van der Waals surface area contributed by atoms with Gasteiger partial charge in [-0.3, -0.25) is 0 Å². The van der Waals surface area contributed by atoms with Crippen molar-refractivity contribution >= 4 is 0 Å². The van der Waals surface area contributed by atoms with Gasteiger partial charge in [-0.1, -0.05) is 33.6 Å². The van der Waals surface area contributed by atoms with E-state index in [0.29, 0.717) is 11.5 Å². The Balaban J connectivity index is 2.59. The van der Waals surface area contributed by atoms with Gasteiger partial charge < -0.3 is 10.6 Å². The van der Waals surface area contributed by atoms with Crippen LogP contribution in [0.1, 0.15) is 59.3 Å². The van der Waals surface area contributed by atoms with Gasteiger partial charge in [-0.2, -0.15) is 0 Å². The molecule has 0 amide bonds. The van der Waals surface area contributed by atoms with E-state index in [0.717, 1.165) is 6.42 Å². The third-order valence-electron chi connectivity index (χ3n) is 4.26. The van der Waals surface area contributed by atoms with Crippen LogP contribution in [0.2, 0.25) is 0 Å². The van der Waals surface area contributed by atoms with Gasteiger partial charge in [-0.15, -0.1) is 0 Å². The first-order valence-electron chi connectivity index (χ1n) is 6.71. The SMILES string of the molecule is CN(C)C1(C(N)CCC(C)(C)C)CCCC1. The fraction of sp³-hybridized carbons (Fsp3) is 1.00. The molecule has 0 aliphatic heterocycles. The van der Waals surface area contributed by atoms with E-state index in [9.17, 15) is 0 Å². The number of rotatable bonds is 4. The summed E-state index contributed by atoms with van der Waals surface area (Å²) in [5, 5.41) is 0. The summed E-state index contributed by atoms with van der Waals surface area (Å²) >= 11 is 0. The molecule has 2 heteroatoms. The van der Waals surface area contributed by atoms with Crippen LogP contribution in [-0.2, 0) is 0 Å². The average Bonchev–Trinajstić information content (AvgIpc) is 2.62.